The van der Waals surface area contributed by atoms with Crippen LogP contribution in [0.25, 0.3) is 0 Å². The first-order valence-electron chi connectivity index (χ1n) is 8.05. The van der Waals surface area contributed by atoms with E-state index in [1.807, 2.05) is 0 Å². The minimum absolute atomic E-state index is 1.13. The van der Waals surface area contributed by atoms with E-state index in [0.717, 1.165) is 12.8 Å². The number of rotatable bonds is 6. The van der Waals surface area contributed by atoms with Crippen molar-refractivity contribution in [3.8, 4) is 0 Å². The lowest BCUT2D eigenvalue weighted by molar-refractivity contribution is 0.819. The summed E-state index contributed by atoms with van der Waals surface area (Å²) in [6.45, 7) is 4.41. The molecule has 0 aliphatic carbocycles. The summed E-state index contributed by atoms with van der Waals surface area (Å²) in [6, 6.07) is 18.1. The van der Waals surface area contributed by atoms with Gasteiger partial charge in [0.05, 0.1) is 0 Å². The summed E-state index contributed by atoms with van der Waals surface area (Å²) in [5.74, 6) is 0. The van der Waals surface area contributed by atoms with Gasteiger partial charge >= 0.3 is 0 Å². The fourth-order valence-corrected chi connectivity index (χ4v) is 2.38. The van der Waals surface area contributed by atoms with Crippen molar-refractivity contribution >= 4 is 0 Å². The highest BCUT2D eigenvalue weighted by atomic mass is 14.4. The van der Waals surface area contributed by atoms with E-state index in [2.05, 4.69) is 68.1 Å². The normalized spacial score (nSPS) is 9.90. The predicted molar refractivity (Wildman–Crippen MR) is 93.8 cm³/mol. The van der Waals surface area contributed by atoms with Crippen molar-refractivity contribution in [2.75, 3.05) is 7.05 Å². The maximum Gasteiger partial charge on any atom is -0.0195 e. The van der Waals surface area contributed by atoms with Gasteiger partial charge in [-0.3, -0.25) is 0 Å². The molecule has 1 nitrogen and oxygen atoms in total. The number of hydrogen-bond acceptors (Lipinski definition) is 1. The molecule has 0 saturated carbocycles. The van der Waals surface area contributed by atoms with Crippen LogP contribution < -0.4 is 5.73 Å². The van der Waals surface area contributed by atoms with Crippen LogP contribution in [0.2, 0.25) is 0 Å². The SMILES string of the molecule is CCc1ccc(CCCc2ccc(CC)cc2)cc1.CN. The summed E-state index contributed by atoms with van der Waals surface area (Å²) in [5.41, 5.74) is 10.3. The van der Waals surface area contributed by atoms with E-state index in [9.17, 15) is 0 Å². The van der Waals surface area contributed by atoms with Crippen molar-refractivity contribution in [3.05, 3.63) is 70.8 Å². The van der Waals surface area contributed by atoms with Crippen molar-refractivity contribution in [1.29, 1.82) is 0 Å². The quantitative estimate of drug-likeness (QED) is 0.826. The van der Waals surface area contributed by atoms with Crippen LogP contribution in [0.4, 0.5) is 0 Å². The van der Waals surface area contributed by atoms with Gasteiger partial charge in [-0.1, -0.05) is 62.4 Å². The maximum atomic E-state index is 4.50. The zero-order chi connectivity index (χ0) is 15.5. The molecule has 2 aromatic carbocycles. The molecule has 0 spiro atoms. The lowest BCUT2D eigenvalue weighted by atomic mass is 10.0. The molecule has 0 fully saturated rings. The topological polar surface area (TPSA) is 26.0 Å². The lowest BCUT2D eigenvalue weighted by Crippen LogP contribution is -1.91. The van der Waals surface area contributed by atoms with Crippen molar-refractivity contribution in [3.63, 3.8) is 0 Å². The first kappa shape index (κ1) is 17.5. The molecule has 1 heteroatoms. The van der Waals surface area contributed by atoms with Gasteiger partial charge < -0.3 is 5.73 Å². The van der Waals surface area contributed by atoms with Crippen LogP contribution in [0, 0.1) is 0 Å². The fourth-order valence-electron chi connectivity index (χ4n) is 2.38. The molecule has 114 valence electrons. The van der Waals surface area contributed by atoms with Gasteiger partial charge in [-0.15, -0.1) is 0 Å². The molecular formula is C20H29N. The van der Waals surface area contributed by atoms with E-state index < -0.39 is 0 Å². The molecular weight excluding hydrogens is 254 g/mol. The van der Waals surface area contributed by atoms with Gasteiger partial charge in [0.1, 0.15) is 0 Å². The van der Waals surface area contributed by atoms with Crippen molar-refractivity contribution in [2.45, 2.75) is 46.0 Å². The molecule has 0 heterocycles. The zero-order valence-electron chi connectivity index (χ0n) is 13.7. The van der Waals surface area contributed by atoms with Crippen LogP contribution in [0.15, 0.2) is 48.5 Å². The van der Waals surface area contributed by atoms with Gasteiger partial charge in [-0.2, -0.15) is 0 Å². The van der Waals surface area contributed by atoms with Crippen LogP contribution in [0.5, 0.6) is 0 Å². The number of aryl methyl sites for hydroxylation is 4. The maximum absolute atomic E-state index is 4.50. The fraction of sp³-hybridized carbons (Fsp3) is 0.400. The number of nitrogens with two attached hydrogens (primary N) is 1. The number of benzene rings is 2. The lowest BCUT2D eigenvalue weighted by Gasteiger charge is -2.04. The minimum atomic E-state index is 1.13. The van der Waals surface area contributed by atoms with Crippen LogP contribution in [0.3, 0.4) is 0 Å². The summed E-state index contributed by atoms with van der Waals surface area (Å²) in [5, 5.41) is 0. The van der Waals surface area contributed by atoms with E-state index in [4.69, 9.17) is 0 Å². The Bertz CT molecular complexity index is 435. The number of hydrogen-bond donors (Lipinski definition) is 1. The summed E-state index contributed by atoms with van der Waals surface area (Å²) in [7, 11) is 1.50. The van der Waals surface area contributed by atoms with Gasteiger partial charge in [-0.05, 0) is 61.4 Å². The van der Waals surface area contributed by atoms with E-state index in [0.29, 0.717) is 0 Å². The summed E-state index contributed by atoms with van der Waals surface area (Å²) in [4.78, 5) is 0. The summed E-state index contributed by atoms with van der Waals surface area (Å²) < 4.78 is 0. The van der Waals surface area contributed by atoms with Crippen molar-refractivity contribution in [2.24, 2.45) is 5.73 Å². The molecule has 0 aliphatic rings. The summed E-state index contributed by atoms with van der Waals surface area (Å²) >= 11 is 0. The third kappa shape index (κ3) is 6.14. The molecule has 0 unspecified atom stereocenters. The molecule has 0 amide bonds. The molecule has 0 atom stereocenters. The Morgan fingerprint density at radius 1 is 0.571 bits per heavy atom. The van der Waals surface area contributed by atoms with Crippen molar-refractivity contribution < 1.29 is 0 Å². The Kier molecular flexibility index (Phi) is 8.45. The highest BCUT2D eigenvalue weighted by Crippen LogP contribution is 2.11. The monoisotopic (exact) mass is 283 g/mol. The predicted octanol–water partition coefficient (Wildman–Crippen LogP) is 4.56. The average Bonchev–Trinajstić information content (AvgIpc) is 2.58. The standard InChI is InChI=1S/C19H24.CH5N/c1-3-16-8-12-18(13-9-16)6-5-7-19-14-10-17(4-2)11-15-19;1-2/h8-15H,3-7H2,1-2H3;2H2,1H3. The summed E-state index contributed by atoms with van der Waals surface area (Å²) in [6.07, 6.45) is 5.85. The molecule has 2 aromatic rings. The molecule has 2 N–H and O–H groups in total. The van der Waals surface area contributed by atoms with E-state index in [1.165, 1.54) is 48.6 Å². The van der Waals surface area contributed by atoms with Gasteiger partial charge in [0, 0.05) is 0 Å². The van der Waals surface area contributed by atoms with E-state index in [-0.39, 0.29) is 0 Å². The van der Waals surface area contributed by atoms with Crippen LogP contribution >= 0.6 is 0 Å². The highest BCUT2D eigenvalue weighted by Gasteiger charge is 1.97. The minimum Gasteiger partial charge on any atom is -0.333 e. The Morgan fingerprint density at radius 2 is 0.857 bits per heavy atom. The second kappa shape index (κ2) is 10.2. The van der Waals surface area contributed by atoms with Gasteiger partial charge in [0.25, 0.3) is 0 Å². The molecule has 0 bridgehead atoms. The van der Waals surface area contributed by atoms with Gasteiger partial charge in [0.2, 0.25) is 0 Å². The zero-order valence-corrected chi connectivity index (χ0v) is 13.7. The van der Waals surface area contributed by atoms with E-state index in [1.54, 1.807) is 0 Å². The average molecular weight is 283 g/mol. The van der Waals surface area contributed by atoms with Gasteiger partial charge in [0.15, 0.2) is 0 Å². The van der Waals surface area contributed by atoms with E-state index >= 15 is 0 Å². The Balaban J connectivity index is 0.00000106. The molecule has 0 aliphatic heterocycles. The Hall–Kier alpha value is -1.60. The molecule has 0 radical (unpaired) electrons. The van der Waals surface area contributed by atoms with Crippen molar-refractivity contribution in [1.82, 2.24) is 0 Å². The Morgan fingerprint density at radius 3 is 1.14 bits per heavy atom. The molecule has 0 saturated heterocycles. The molecule has 21 heavy (non-hydrogen) atoms. The first-order valence-corrected chi connectivity index (χ1v) is 8.05. The van der Waals surface area contributed by atoms with Crippen LogP contribution in [0.1, 0.15) is 42.5 Å². The highest BCUT2D eigenvalue weighted by molar-refractivity contribution is 5.24. The second-order valence-electron chi connectivity index (χ2n) is 5.19. The molecule has 0 aromatic heterocycles. The third-order valence-corrected chi connectivity index (χ3v) is 3.79. The largest absolute Gasteiger partial charge is 0.333 e. The van der Waals surface area contributed by atoms with Crippen LogP contribution in [-0.4, -0.2) is 7.05 Å². The third-order valence-electron chi connectivity index (χ3n) is 3.79. The first-order chi connectivity index (χ1) is 10.3. The Labute approximate surface area is 130 Å². The van der Waals surface area contributed by atoms with Gasteiger partial charge in [-0.25, -0.2) is 0 Å². The molecule has 2 rings (SSSR count). The van der Waals surface area contributed by atoms with Crippen LogP contribution in [-0.2, 0) is 25.7 Å². The smallest absolute Gasteiger partial charge is 0.0195 e. The second-order valence-corrected chi connectivity index (χ2v) is 5.19.